The van der Waals surface area contributed by atoms with Crippen molar-refractivity contribution >= 4 is 56.9 Å². The van der Waals surface area contributed by atoms with Gasteiger partial charge in [-0.2, -0.15) is 0 Å². The van der Waals surface area contributed by atoms with E-state index in [4.69, 9.17) is 12.2 Å². The number of rotatable bonds is 1. The molecule has 0 fully saturated rings. The van der Waals surface area contributed by atoms with E-state index in [0.717, 1.165) is 10.6 Å². The van der Waals surface area contributed by atoms with Gasteiger partial charge in [-0.25, -0.2) is 0 Å². The summed E-state index contributed by atoms with van der Waals surface area (Å²) in [6.45, 7) is 2.07. The normalized spacial score (nSPS) is 5.27. The Morgan fingerprint density at radius 1 is 1.36 bits per heavy atom. The van der Waals surface area contributed by atoms with Crippen LogP contribution >= 0.6 is 48.4 Å². The quantitative estimate of drug-likeness (QED) is 0.611. The second kappa shape index (κ2) is 22.4. The summed E-state index contributed by atoms with van der Waals surface area (Å²) in [6.07, 6.45) is 3.03. The predicted molar refractivity (Wildman–Crippen MR) is 70.1 cm³/mol. The van der Waals surface area contributed by atoms with E-state index in [1.54, 1.807) is 11.8 Å². The van der Waals surface area contributed by atoms with E-state index < -0.39 is 0 Å². The molecule has 0 aliphatic carbocycles. The summed E-state index contributed by atoms with van der Waals surface area (Å²) in [5.41, 5.74) is 0. The number of thiocarbonyl (C=S) groups is 3. The molecule has 0 bridgehead atoms. The van der Waals surface area contributed by atoms with Crippen LogP contribution in [0.1, 0.15) is 28.2 Å². The Bertz CT molecular complexity index is 97.0. The standard InChI is InChI=1S/C4H8S2.CS2.2CH4/c1-3-4(5)6-2;2-1-3;;/h3H2,1-2H3;;2*1H4. The van der Waals surface area contributed by atoms with E-state index >= 15 is 0 Å². The molecule has 0 aromatic carbocycles. The van der Waals surface area contributed by atoms with Gasteiger partial charge in [0.05, 0.1) is 0 Å². The van der Waals surface area contributed by atoms with Crippen molar-refractivity contribution in [3.05, 3.63) is 0 Å². The Morgan fingerprint density at radius 2 is 1.64 bits per heavy atom. The Kier molecular flexibility index (Phi) is 46.0. The van der Waals surface area contributed by atoms with Crippen molar-refractivity contribution < 1.29 is 0 Å². The highest BCUT2D eigenvalue weighted by molar-refractivity contribution is 8.22. The first-order valence-electron chi connectivity index (χ1n) is 2.29. The van der Waals surface area contributed by atoms with Gasteiger partial charge in [-0.3, -0.25) is 0 Å². The number of thioether (sulfide) groups is 1. The van der Waals surface area contributed by atoms with Gasteiger partial charge in [0.15, 0.2) is 0 Å². The molecule has 0 N–H and O–H groups in total. The first-order chi connectivity index (χ1) is 4.22. The molecule has 0 spiro atoms. The average Bonchev–Trinajstić information content (AvgIpc) is 1.88. The molecule has 0 amide bonds. The highest BCUT2D eigenvalue weighted by Gasteiger charge is 1.81. The minimum Gasteiger partial charge on any atom is -0.122 e. The van der Waals surface area contributed by atoms with Crippen LogP contribution < -0.4 is 0 Å². The molecule has 0 aromatic rings. The topological polar surface area (TPSA) is 0 Å². The molecule has 0 nitrogen and oxygen atoms in total. The largest absolute Gasteiger partial charge is 0.122 e. The lowest BCUT2D eigenvalue weighted by Crippen LogP contribution is -1.77. The summed E-state index contributed by atoms with van der Waals surface area (Å²) in [6, 6.07) is 0. The smallest absolute Gasteiger partial charge is 0.0473 e. The fourth-order valence-corrected chi connectivity index (χ4v) is 0.433. The molecule has 0 aliphatic rings. The van der Waals surface area contributed by atoms with Gasteiger partial charge in [-0.1, -0.05) is 34.0 Å². The van der Waals surface area contributed by atoms with Gasteiger partial charge in [0.2, 0.25) is 0 Å². The maximum Gasteiger partial charge on any atom is 0.0473 e. The summed E-state index contributed by atoms with van der Waals surface area (Å²) in [5.74, 6) is 0. The van der Waals surface area contributed by atoms with Crippen LogP contribution in [0.2, 0.25) is 0 Å². The molecule has 11 heavy (non-hydrogen) atoms. The van der Waals surface area contributed by atoms with Crippen molar-refractivity contribution in [2.24, 2.45) is 0 Å². The monoisotopic (exact) mass is 228 g/mol. The molecular weight excluding hydrogens is 212 g/mol. The van der Waals surface area contributed by atoms with Crippen molar-refractivity contribution in [3.63, 3.8) is 0 Å². The Hall–Kier alpha value is 0.660. The Labute approximate surface area is 91.1 Å². The van der Waals surface area contributed by atoms with Gasteiger partial charge >= 0.3 is 0 Å². The first-order valence-corrected chi connectivity index (χ1v) is 4.73. The summed E-state index contributed by atoms with van der Waals surface area (Å²) in [4.78, 5) is 0. The molecule has 0 unspecified atom stereocenters. The zero-order chi connectivity index (χ0) is 7.70. The summed E-state index contributed by atoms with van der Waals surface area (Å²) < 4.78 is 3.01. The van der Waals surface area contributed by atoms with Crippen molar-refractivity contribution in [1.29, 1.82) is 0 Å². The van der Waals surface area contributed by atoms with Crippen LogP contribution in [-0.4, -0.2) is 14.8 Å². The molecule has 0 aliphatic heterocycles. The van der Waals surface area contributed by atoms with E-state index in [1.165, 1.54) is 0 Å². The molecule has 4 heteroatoms. The van der Waals surface area contributed by atoms with Crippen LogP contribution in [0.15, 0.2) is 0 Å². The minimum absolute atomic E-state index is 0. The Balaban J connectivity index is -0.0000000437. The van der Waals surface area contributed by atoms with Crippen molar-refractivity contribution in [3.8, 4) is 0 Å². The third-order valence-corrected chi connectivity index (χ3v) is 2.05. The van der Waals surface area contributed by atoms with Crippen molar-refractivity contribution in [2.75, 3.05) is 6.26 Å². The van der Waals surface area contributed by atoms with Crippen LogP contribution in [0.25, 0.3) is 0 Å². The zero-order valence-electron chi connectivity index (χ0n) is 5.34. The maximum absolute atomic E-state index is 4.82. The van der Waals surface area contributed by atoms with Gasteiger partial charge in [0.1, 0.15) is 0 Å². The van der Waals surface area contributed by atoms with Crippen LogP contribution in [0.3, 0.4) is 0 Å². The summed E-state index contributed by atoms with van der Waals surface area (Å²) >= 11 is 14.4. The molecule has 68 valence electrons. The molecule has 0 radical (unpaired) electrons. The van der Waals surface area contributed by atoms with Crippen LogP contribution in [0.4, 0.5) is 0 Å². The van der Waals surface area contributed by atoms with Gasteiger partial charge in [-0.05, 0) is 37.1 Å². The maximum atomic E-state index is 4.82. The second-order valence-corrected chi connectivity index (χ2v) is 3.33. The number of hydrogen-bond acceptors (Lipinski definition) is 4. The lowest BCUT2D eigenvalue weighted by atomic mass is 10.6. The molecular formula is C7H16S4. The fourth-order valence-electron chi connectivity index (χ4n) is 0.144. The first kappa shape index (κ1) is 22.6. The van der Waals surface area contributed by atoms with Crippen LogP contribution in [0.5, 0.6) is 0 Å². The average molecular weight is 228 g/mol. The fraction of sp³-hybridized carbons (Fsp3) is 0.714. The van der Waals surface area contributed by atoms with E-state index in [0.29, 0.717) is 0 Å². The van der Waals surface area contributed by atoms with E-state index in [9.17, 15) is 0 Å². The third-order valence-electron chi connectivity index (χ3n) is 0.516. The molecule has 0 saturated heterocycles. The van der Waals surface area contributed by atoms with E-state index in [1.807, 2.05) is 10.6 Å². The lowest BCUT2D eigenvalue weighted by molar-refractivity contribution is 1.35. The van der Waals surface area contributed by atoms with Gasteiger partial charge in [0.25, 0.3) is 0 Å². The Morgan fingerprint density at radius 3 is 1.64 bits per heavy atom. The van der Waals surface area contributed by atoms with E-state index in [-0.39, 0.29) is 14.9 Å². The van der Waals surface area contributed by atoms with Gasteiger partial charge in [0, 0.05) is 8.51 Å². The van der Waals surface area contributed by atoms with Gasteiger partial charge < -0.3 is 0 Å². The minimum atomic E-state index is 0. The van der Waals surface area contributed by atoms with Crippen LogP contribution in [0, 0.1) is 0 Å². The highest BCUT2D eigenvalue weighted by Crippen LogP contribution is 1.99. The summed E-state index contributed by atoms with van der Waals surface area (Å²) in [7, 11) is 0. The molecule has 0 rings (SSSR count). The molecule has 0 aromatic heterocycles. The molecule has 0 saturated carbocycles. The molecule has 0 atom stereocenters. The lowest BCUT2D eigenvalue weighted by Gasteiger charge is -1.85. The number of hydrogen-bond donors (Lipinski definition) is 0. The van der Waals surface area contributed by atoms with E-state index in [2.05, 4.69) is 31.4 Å². The SMILES string of the molecule is C.C.CCC(=S)SC.S=C=S. The van der Waals surface area contributed by atoms with Crippen molar-refractivity contribution in [1.82, 2.24) is 0 Å². The van der Waals surface area contributed by atoms with Crippen molar-refractivity contribution in [2.45, 2.75) is 28.2 Å². The summed E-state index contributed by atoms with van der Waals surface area (Å²) in [5, 5.41) is 0. The van der Waals surface area contributed by atoms with Gasteiger partial charge in [-0.15, -0.1) is 11.8 Å². The highest BCUT2D eigenvalue weighted by atomic mass is 32.2. The van der Waals surface area contributed by atoms with Crippen LogP contribution in [-0.2, 0) is 0 Å². The predicted octanol–water partition coefficient (Wildman–Crippen LogP) is 4.38. The second-order valence-electron chi connectivity index (χ2n) is 1.01. The third kappa shape index (κ3) is 36.8. The zero-order valence-corrected chi connectivity index (χ0v) is 8.61. The molecule has 0 heterocycles.